The van der Waals surface area contributed by atoms with E-state index in [0.29, 0.717) is 25.7 Å². The van der Waals surface area contributed by atoms with Crippen molar-refractivity contribution in [1.82, 2.24) is 14.5 Å². The Hall–Kier alpha value is -1.96. The molecule has 2 aliphatic heterocycles. The van der Waals surface area contributed by atoms with Crippen molar-refractivity contribution >= 4 is 5.69 Å². The zero-order valence-electron chi connectivity index (χ0n) is 15.7. The van der Waals surface area contributed by atoms with Crippen molar-refractivity contribution in [2.24, 2.45) is 13.0 Å². The zero-order chi connectivity index (χ0) is 18.7. The third kappa shape index (κ3) is 4.48. The van der Waals surface area contributed by atoms with Crippen LogP contribution in [-0.2, 0) is 23.1 Å². The molecule has 2 atom stereocenters. The first-order valence-corrected chi connectivity index (χ1v) is 9.52. The number of aromatic nitrogens is 2. The van der Waals surface area contributed by atoms with Crippen LogP contribution >= 0.6 is 0 Å². The molecule has 4 rings (SSSR count). The summed E-state index contributed by atoms with van der Waals surface area (Å²) in [5.74, 6) is 1.21. The fourth-order valence-corrected chi connectivity index (χ4v) is 4.01. The van der Waals surface area contributed by atoms with E-state index >= 15 is 0 Å². The van der Waals surface area contributed by atoms with Crippen LogP contribution in [0.4, 0.5) is 10.1 Å². The van der Waals surface area contributed by atoms with Crippen LogP contribution in [0.2, 0.25) is 0 Å². The number of imidazole rings is 1. The monoisotopic (exact) mass is 374 g/mol. The summed E-state index contributed by atoms with van der Waals surface area (Å²) in [5.41, 5.74) is 0.542. The number of rotatable bonds is 5. The van der Waals surface area contributed by atoms with E-state index in [1.54, 1.807) is 6.07 Å². The van der Waals surface area contributed by atoms with Gasteiger partial charge >= 0.3 is 0 Å². The second-order valence-electron chi connectivity index (χ2n) is 7.67. The second-order valence-corrected chi connectivity index (χ2v) is 7.67. The van der Waals surface area contributed by atoms with Gasteiger partial charge in [0.15, 0.2) is 0 Å². The van der Waals surface area contributed by atoms with Crippen LogP contribution in [0.3, 0.4) is 0 Å². The molecule has 2 aromatic rings. The number of nitrogens with zero attached hydrogens (tertiary/aromatic N) is 3. The first-order chi connectivity index (χ1) is 13.1. The van der Waals surface area contributed by atoms with Crippen molar-refractivity contribution in [2.45, 2.75) is 18.6 Å². The lowest BCUT2D eigenvalue weighted by molar-refractivity contribution is -0.0564. The van der Waals surface area contributed by atoms with Gasteiger partial charge in [-0.25, -0.2) is 9.37 Å². The predicted octanol–water partition coefficient (Wildman–Crippen LogP) is 2.28. The molecule has 0 bridgehead atoms. The van der Waals surface area contributed by atoms with Crippen molar-refractivity contribution in [1.29, 1.82) is 0 Å². The molecule has 2 fully saturated rings. The Bertz CT molecular complexity index is 768. The van der Waals surface area contributed by atoms with Crippen LogP contribution in [0.15, 0.2) is 36.7 Å². The minimum atomic E-state index is -0.268. The Morgan fingerprint density at radius 2 is 2.33 bits per heavy atom. The maximum absolute atomic E-state index is 13.3. The van der Waals surface area contributed by atoms with Gasteiger partial charge in [0.25, 0.3) is 0 Å². The van der Waals surface area contributed by atoms with Gasteiger partial charge in [-0.2, -0.15) is 0 Å². The van der Waals surface area contributed by atoms with Crippen molar-refractivity contribution in [2.75, 3.05) is 44.8 Å². The number of halogens is 1. The highest BCUT2D eigenvalue weighted by Crippen LogP contribution is 2.33. The molecule has 1 N–H and O–H groups in total. The zero-order valence-corrected chi connectivity index (χ0v) is 15.7. The summed E-state index contributed by atoms with van der Waals surface area (Å²) < 4.78 is 27.5. The molecule has 1 aromatic heterocycles. The molecule has 7 heteroatoms. The number of ether oxygens (including phenoxy) is 2. The fourth-order valence-electron chi connectivity index (χ4n) is 4.01. The predicted molar refractivity (Wildman–Crippen MR) is 101 cm³/mol. The van der Waals surface area contributed by atoms with Crippen molar-refractivity contribution in [3.8, 4) is 0 Å². The molecule has 6 nitrogen and oxygen atoms in total. The largest absolute Gasteiger partial charge is 0.385 e. The molecule has 1 spiro atoms. The number of benzene rings is 1. The molecule has 2 saturated heterocycles. The summed E-state index contributed by atoms with van der Waals surface area (Å²) in [5, 5.41) is 3.33. The second kappa shape index (κ2) is 7.96. The molecular formula is C20H27FN4O2. The standard InChI is InChI=1S/C20H27FN4O2/c1-24-6-5-22-19(24)12-25-7-8-26-15-20(14-25)10-16(13-27-20)11-23-18-4-2-3-17(21)9-18/h2-6,9,16,23H,7-8,10-15H2,1H3/t16-,20-/m1/s1. The van der Waals surface area contributed by atoms with E-state index in [-0.39, 0.29) is 11.4 Å². The molecule has 27 heavy (non-hydrogen) atoms. The molecule has 0 aliphatic carbocycles. The maximum atomic E-state index is 13.3. The normalized spacial score (nSPS) is 26.4. The van der Waals surface area contributed by atoms with Gasteiger partial charge in [-0.1, -0.05) is 6.07 Å². The highest BCUT2D eigenvalue weighted by molar-refractivity contribution is 5.43. The molecular weight excluding hydrogens is 347 g/mol. The Morgan fingerprint density at radius 3 is 3.15 bits per heavy atom. The van der Waals surface area contributed by atoms with E-state index in [0.717, 1.165) is 44.1 Å². The molecule has 0 unspecified atom stereocenters. The van der Waals surface area contributed by atoms with Crippen molar-refractivity contribution < 1.29 is 13.9 Å². The van der Waals surface area contributed by atoms with Crippen LogP contribution in [0.25, 0.3) is 0 Å². The van der Waals surface area contributed by atoms with E-state index in [9.17, 15) is 4.39 Å². The Kier molecular flexibility index (Phi) is 5.43. The van der Waals surface area contributed by atoms with E-state index in [1.165, 1.54) is 12.1 Å². The quantitative estimate of drug-likeness (QED) is 0.870. The summed E-state index contributed by atoms with van der Waals surface area (Å²) in [6.45, 7) is 5.32. The van der Waals surface area contributed by atoms with Gasteiger partial charge in [0.05, 0.1) is 26.4 Å². The highest BCUT2D eigenvalue weighted by Gasteiger charge is 2.43. The van der Waals surface area contributed by atoms with E-state index in [1.807, 2.05) is 25.5 Å². The van der Waals surface area contributed by atoms with Crippen LogP contribution in [-0.4, -0.2) is 59.5 Å². The molecule has 146 valence electrons. The van der Waals surface area contributed by atoms with Crippen LogP contribution in [0.1, 0.15) is 12.2 Å². The number of nitrogens with one attached hydrogen (secondary N) is 1. The van der Waals surface area contributed by atoms with E-state index < -0.39 is 0 Å². The first-order valence-electron chi connectivity index (χ1n) is 9.52. The van der Waals surface area contributed by atoms with Crippen LogP contribution < -0.4 is 5.32 Å². The van der Waals surface area contributed by atoms with Gasteiger partial charge in [-0.05, 0) is 24.6 Å². The van der Waals surface area contributed by atoms with E-state index in [4.69, 9.17) is 9.47 Å². The third-order valence-corrected chi connectivity index (χ3v) is 5.42. The Balaban J connectivity index is 1.35. The van der Waals surface area contributed by atoms with Gasteiger partial charge in [-0.3, -0.25) is 4.90 Å². The first kappa shape index (κ1) is 18.4. The summed E-state index contributed by atoms with van der Waals surface area (Å²) in [6, 6.07) is 6.59. The molecule has 1 aromatic carbocycles. The maximum Gasteiger partial charge on any atom is 0.125 e. The number of aryl methyl sites for hydroxylation is 1. The van der Waals surface area contributed by atoms with Gasteiger partial charge in [0.1, 0.15) is 17.2 Å². The average molecular weight is 374 g/mol. The number of anilines is 1. The summed E-state index contributed by atoms with van der Waals surface area (Å²) in [6.07, 6.45) is 4.74. The summed E-state index contributed by atoms with van der Waals surface area (Å²) in [4.78, 5) is 6.81. The molecule has 2 aliphatic rings. The summed E-state index contributed by atoms with van der Waals surface area (Å²) in [7, 11) is 2.02. The smallest absolute Gasteiger partial charge is 0.125 e. The lowest BCUT2D eigenvalue weighted by atomic mass is 9.94. The molecule has 0 saturated carbocycles. The minimum Gasteiger partial charge on any atom is -0.385 e. The lowest BCUT2D eigenvalue weighted by Crippen LogP contribution is -2.44. The van der Waals surface area contributed by atoms with Crippen molar-refractivity contribution in [3.05, 3.63) is 48.3 Å². The Labute approximate surface area is 159 Å². The Morgan fingerprint density at radius 1 is 1.41 bits per heavy atom. The number of hydrogen-bond acceptors (Lipinski definition) is 5. The van der Waals surface area contributed by atoms with Gasteiger partial charge in [0.2, 0.25) is 0 Å². The van der Waals surface area contributed by atoms with Crippen LogP contribution in [0.5, 0.6) is 0 Å². The summed E-state index contributed by atoms with van der Waals surface area (Å²) >= 11 is 0. The average Bonchev–Trinajstić information content (AvgIpc) is 3.17. The highest BCUT2D eigenvalue weighted by atomic mass is 19.1. The van der Waals surface area contributed by atoms with Gasteiger partial charge < -0.3 is 19.4 Å². The SMILES string of the molecule is Cn1ccnc1CN1CCOC[C@@]2(C[C@H](CNc3cccc(F)c3)CO2)C1. The molecule has 3 heterocycles. The third-order valence-electron chi connectivity index (χ3n) is 5.42. The van der Waals surface area contributed by atoms with E-state index in [2.05, 4.69) is 19.8 Å². The minimum absolute atomic E-state index is 0.221. The fraction of sp³-hybridized carbons (Fsp3) is 0.550. The lowest BCUT2D eigenvalue weighted by Gasteiger charge is -2.31. The molecule has 0 amide bonds. The topological polar surface area (TPSA) is 51.5 Å². The molecule has 0 radical (unpaired) electrons. The van der Waals surface area contributed by atoms with Gasteiger partial charge in [-0.15, -0.1) is 0 Å². The number of hydrogen-bond donors (Lipinski definition) is 1. The van der Waals surface area contributed by atoms with Crippen LogP contribution in [0, 0.1) is 11.7 Å². The van der Waals surface area contributed by atoms with Crippen molar-refractivity contribution in [3.63, 3.8) is 0 Å². The van der Waals surface area contributed by atoms with Gasteiger partial charge in [0, 0.05) is 50.7 Å².